The molecule has 2 aromatic rings. The zero-order chi connectivity index (χ0) is 18.4. The van der Waals surface area contributed by atoms with Crippen LogP contribution in [0.4, 0.5) is 13.2 Å². The van der Waals surface area contributed by atoms with E-state index >= 15 is 0 Å². The lowest BCUT2D eigenvalue weighted by Gasteiger charge is -2.08. The Morgan fingerprint density at radius 1 is 1.04 bits per heavy atom. The fraction of sp³-hybridized carbons (Fsp3) is 0.250. The van der Waals surface area contributed by atoms with Gasteiger partial charge in [0.05, 0.1) is 0 Å². The topological polar surface area (TPSA) is 26.3 Å². The fourth-order valence-corrected chi connectivity index (χ4v) is 2.33. The molecule has 2 nitrogen and oxygen atoms in total. The van der Waals surface area contributed by atoms with Crippen molar-refractivity contribution in [2.45, 2.75) is 26.6 Å². The Bertz CT molecular complexity index is 727. The van der Waals surface area contributed by atoms with Gasteiger partial charge in [0, 0.05) is 5.56 Å². The lowest BCUT2D eigenvalue weighted by molar-refractivity contribution is -0.274. The van der Waals surface area contributed by atoms with Crippen LogP contribution in [0, 0.1) is 5.92 Å². The number of hydrogen-bond donors (Lipinski definition) is 0. The van der Waals surface area contributed by atoms with E-state index in [1.807, 2.05) is 12.1 Å². The number of benzene rings is 2. The first-order valence-electron chi connectivity index (χ1n) is 7.90. The molecule has 0 aliphatic rings. The van der Waals surface area contributed by atoms with Crippen LogP contribution in [0.1, 0.15) is 35.3 Å². The predicted molar refractivity (Wildman–Crippen MR) is 91.5 cm³/mol. The summed E-state index contributed by atoms with van der Waals surface area (Å²) in [7, 11) is 0. The van der Waals surface area contributed by atoms with Crippen molar-refractivity contribution < 1.29 is 22.7 Å². The second-order valence-corrected chi connectivity index (χ2v) is 6.11. The largest absolute Gasteiger partial charge is 0.573 e. The van der Waals surface area contributed by atoms with Crippen molar-refractivity contribution in [3.63, 3.8) is 0 Å². The fourth-order valence-electron chi connectivity index (χ4n) is 2.33. The molecule has 0 unspecified atom stereocenters. The van der Waals surface area contributed by atoms with E-state index in [1.165, 1.54) is 35.9 Å². The smallest absolute Gasteiger partial charge is 0.406 e. The highest BCUT2D eigenvalue weighted by Gasteiger charge is 2.30. The predicted octanol–water partition coefficient (Wildman–Crippen LogP) is 5.68. The van der Waals surface area contributed by atoms with Crippen molar-refractivity contribution in [2.75, 3.05) is 0 Å². The molecular formula is C20H19F3O2. The van der Waals surface area contributed by atoms with Crippen LogP contribution in [-0.4, -0.2) is 12.1 Å². The first-order valence-corrected chi connectivity index (χ1v) is 7.90. The van der Waals surface area contributed by atoms with E-state index in [0.717, 1.165) is 6.42 Å². The van der Waals surface area contributed by atoms with Crippen LogP contribution in [0.5, 0.6) is 5.75 Å². The highest BCUT2D eigenvalue weighted by atomic mass is 19.4. The van der Waals surface area contributed by atoms with Crippen LogP contribution in [0.25, 0.3) is 6.08 Å². The van der Waals surface area contributed by atoms with Crippen molar-refractivity contribution in [3.8, 4) is 5.75 Å². The molecule has 0 aromatic heterocycles. The number of ketones is 1. The molecule has 0 aliphatic carbocycles. The summed E-state index contributed by atoms with van der Waals surface area (Å²) in [4.78, 5) is 12.1. The highest BCUT2D eigenvalue weighted by Crippen LogP contribution is 2.23. The summed E-state index contributed by atoms with van der Waals surface area (Å²) < 4.78 is 40.1. The molecule has 2 aromatic carbocycles. The lowest BCUT2D eigenvalue weighted by Crippen LogP contribution is -2.16. The molecule has 0 atom stereocenters. The summed E-state index contributed by atoms with van der Waals surface area (Å²) in [6.07, 6.45) is -0.801. The Hall–Kier alpha value is -2.56. The molecule has 0 radical (unpaired) electrons. The van der Waals surface area contributed by atoms with Crippen molar-refractivity contribution in [1.82, 2.24) is 0 Å². The van der Waals surface area contributed by atoms with Crippen LogP contribution in [0.3, 0.4) is 0 Å². The van der Waals surface area contributed by atoms with Crippen LogP contribution in [0.15, 0.2) is 54.6 Å². The molecule has 132 valence electrons. The molecule has 0 fully saturated rings. The number of halogens is 3. The summed E-state index contributed by atoms with van der Waals surface area (Å²) in [5.74, 6) is 0.0918. The number of allylic oxidation sites excluding steroid dienone is 1. The molecule has 5 heteroatoms. The monoisotopic (exact) mass is 348 g/mol. The van der Waals surface area contributed by atoms with Gasteiger partial charge in [0.15, 0.2) is 5.78 Å². The molecule has 0 N–H and O–H groups in total. The van der Waals surface area contributed by atoms with E-state index < -0.39 is 6.36 Å². The molecule has 0 aliphatic heterocycles. The van der Waals surface area contributed by atoms with Crippen molar-refractivity contribution in [1.29, 1.82) is 0 Å². The zero-order valence-electron chi connectivity index (χ0n) is 14.0. The van der Waals surface area contributed by atoms with E-state index in [9.17, 15) is 18.0 Å². The van der Waals surface area contributed by atoms with Crippen molar-refractivity contribution >= 4 is 11.9 Å². The van der Waals surface area contributed by atoms with E-state index in [-0.39, 0.29) is 11.5 Å². The minimum atomic E-state index is -4.71. The summed E-state index contributed by atoms with van der Waals surface area (Å²) in [5.41, 5.74) is 2.36. The first-order chi connectivity index (χ1) is 11.7. The Morgan fingerprint density at radius 3 is 2.16 bits per heavy atom. The van der Waals surface area contributed by atoms with Crippen molar-refractivity contribution in [3.05, 3.63) is 71.3 Å². The van der Waals surface area contributed by atoms with Crippen LogP contribution in [-0.2, 0) is 6.42 Å². The second kappa shape index (κ2) is 8.01. The van der Waals surface area contributed by atoms with Crippen molar-refractivity contribution in [2.24, 2.45) is 5.92 Å². The number of rotatable bonds is 6. The van der Waals surface area contributed by atoms with Crippen LogP contribution in [0.2, 0.25) is 0 Å². The third-order valence-corrected chi connectivity index (χ3v) is 3.42. The number of carbonyl (C=O) groups is 1. The van der Waals surface area contributed by atoms with Gasteiger partial charge >= 0.3 is 6.36 Å². The summed E-state index contributed by atoms with van der Waals surface area (Å²) in [6.45, 7) is 4.26. The summed E-state index contributed by atoms with van der Waals surface area (Å²) >= 11 is 0. The van der Waals surface area contributed by atoms with E-state index in [4.69, 9.17) is 0 Å². The molecule has 2 rings (SSSR count). The van der Waals surface area contributed by atoms with Crippen LogP contribution < -0.4 is 4.74 Å². The van der Waals surface area contributed by atoms with Gasteiger partial charge in [-0.1, -0.05) is 56.3 Å². The van der Waals surface area contributed by atoms with Gasteiger partial charge in [0.2, 0.25) is 0 Å². The van der Waals surface area contributed by atoms with Gasteiger partial charge in [-0.25, -0.2) is 0 Å². The summed E-state index contributed by atoms with van der Waals surface area (Å²) in [6, 6.07) is 12.8. The Labute approximate surface area is 144 Å². The van der Waals surface area contributed by atoms with E-state index in [1.54, 1.807) is 18.2 Å². The first kappa shape index (κ1) is 18.8. The van der Waals surface area contributed by atoms with Gasteiger partial charge in [-0.3, -0.25) is 4.79 Å². The van der Waals surface area contributed by atoms with Gasteiger partial charge in [0.25, 0.3) is 0 Å². The van der Waals surface area contributed by atoms with E-state index in [2.05, 4.69) is 18.6 Å². The molecule has 25 heavy (non-hydrogen) atoms. The molecule has 0 saturated heterocycles. The number of hydrogen-bond acceptors (Lipinski definition) is 2. The molecule has 0 saturated carbocycles. The zero-order valence-corrected chi connectivity index (χ0v) is 14.0. The van der Waals surface area contributed by atoms with E-state index in [0.29, 0.717) is 17.0 Å². The maximum Gasteiger partial charge on any atom is 0.573 e. The second-order valence-electron chi connectivity index (χ2n) is 6.11. The average molecular weight is 348 g/mol. The average Bonchev–Trinajstić information content (AvgIpc) is 2.52. The van der Waals surface area contributed by atoms with Gasteiger partial charge in [0.1, 0.15) is 5.75 Å². The molecule has 0 amide bonds. The lowest BCUT2D eigenvalue weighted by atomic mass is 10.0. The molecule has 0 bridgehead atoms. The maximum atomic E-state index is 12.1. The third-order valence-electron chi connectivity index (χ3n) is 3.42. The minimum absolute atomic E-state index is 0.160. The standard InChI is InChI=1S/C20H19F3O2/c1-14(2)13-16-3-8-17(9-4-16)19(24)12-7-15-5-10-18(11-6-15)25-20(21,22)23/h3-12,14H,13H2,1-2H3. The SMILES string of the molecule is CC(C)Cc1ccc(C(=O)C=Cc2ccc(OC(F)(F)F)cc2)cc1. The molecule has 0 heterocycles. The van der Waals surface area contributed by atoms with Gasteiger partial charge in [-0.05, 0) is 41.7 Å². The van der Waals surface area contributed by atoms with Gasteiger partial charge in [-0.2, -0.15) is 0 Å². The highest BCUT2D eigenvalue weighted by molar-refractivity contribution is 6.06. The Kier molecular flexibility index (Phi) is 6.02. The molecule has 0 spiro atoms. The van der Waals surface area contributed by atoms with Gasteiger partial charge < -0.3 is 4.74 Å². The quantitative estimate of drug-likeness (QED) is 0.496. The van der Waals surface area contributed by atoms with Crippen LogP contribution >= 0.6 is 0 Å². The number of alkyl halides is 3. The normalized spacial score (nSPS) is 11.9. The number of carbonyl (C=O) groups excluding carboxylic acids is 1. The third kappa shape index (κ3) is 6.45. The number of ether oxygens (including phenoxy) is 1. The maximum absolute atomic E-state index is 12.1. The Balaban J connectivity index is 2.00. The molecular weight excluding hydrogens is 329 g/mol. The minimum Gasteiger partial charge on any atom is -0.406 e. The van der Waals surface area contributed by atoms with Gasteiger partial charge in [-0.15, -0.1) is 13.2 Å². The Morgan fingerprint density at radius 2 is 1.64 bits per heavy atom. The summed E-state index contributed by atoms with van der Waals surface area (Å²) in [5, 5.41) is 0.